The molecule has 2 heterocycles. The van der Waals surface area contributed by atoms with Gasteiger partial charge in [-0.25, -0.2) is 0 Å². The van der Waals surface area contributed by atoms with Crippen molar-refractivity contribution in [3.63, 3.8) is 0 Å². The van der Waals surface area contributed by atoms with E-state index < -0.39 is 0 Å². The molecule has 0 radical (unpaired) electrons. The molecule has 0 amide bonds. The Labute approximate surface area is 96.9 Å². The van der Waals surface area contributed by atoms with E-state index >= 15 is 0 Å². The number of fused-ring (bicyclic) bond motifs is 1. The third-order valence-corrected chi connectivity index (χ3v) is 3.62. The number of Topliss-reactive ketones (excluding diaryl/α,β-unsaturated/α-hetero) is 1. The predicted molar refractivity (Wildman–Crippen MR) is 63.9 cm³/mol. The van der Waals surface area contributed by atoms with Gasteiger partial charge in [-0.3, -0.25) is 9.78 Å². The second-order valence-corrected chi connectivity index (χ2v) is 4.59. The van der Waals surface area contributed by atoms with Gasteiger partial charge in [0.05, 0.1) is 20.8 Å². The molecule has 0 saturated carbocycles. The molecule has 0 fully saturated rings. The molecule has 15 heavy (non-hydrogen) atoms. The molecular formula is C11H10ClNOS. The zero-order valence-electron chi connectivity index (χ0n) is 8.29. The Balaban J connectivity index is 2.52. The molecule has 0 spiro atoms. The summed E-state index contributed by atoms with van der Waals surface area (Å²) in [6, 6.07) is 1.90. The van der Waals surface area contributed by atoms with Crippen molar-refractivity contribution in [2.45, 2.75) is 19.8 Å². The van der Waals surface area contributed by atoms with Crippen molar-refractivity contribution >= 4 is 38.9 Å². The van der Waals surface area contributed by atoms with Gasteiger partial charge in [-0.1, -0.05) is 18.5 Å². The topological polar surface area (TPSA) is 30.0 Å². The van der Waals surface area contributed by atoms with E-state index in [2.05, 4.69) is 4.98 Å². The number of thiophene rings is 1. The van der Waals surface area contributed by atoms with E-state index in [1.54, 1.807) is 6.20 Å². The molecule has 0 aliphatic carbocycles. The van der Waals surface area contributed by atoms with Gasteiger partial charge in [0.25, 0.3) is 0 Å². The van der Waals surface area contributed by atoms with E-state index in [4.69, 9.17) is 11.6 Å². The summed E-state index contributed by atoms with van der Waals surface area (Å²) in [4.78, 5) is 15.9. The van der Waals surface area contributed by atoms with E-state index in [1.165, 1.54) is 11.3 Å². The van der Waals surface area contributed by atoms with Gasteiger partial charge in [-0.15, -0.1) is 11.3 Å². The van der Waals surface area contributed by atoms with Crippen LogP contribution in [-0.4, -0.2) is 10.8 Å². The SMILES string of the molecule is CCCC(=O)c1cnc2ccsc2c1Cl. The van der Waals surface area contributed by atoms with Crippen molar-refractivity contribution in [3.8, 4) is 0 Å². The van der Waals surface area contributed by atoms with Gasteiger partial charge in [0.2, 0.25) is 0 Å². The third kappa shape index (κ3) is 1.90. The number of carbonyl (C=O) groups excluding carboxylic acids is 1. The fourth-order valence-electron chi connectivity index (χ4n) is 1.44. The monoisotopic (exact) mass is 239 g/mol. The van der Waals surface area contributed by atoms with Crippen LogP contribution in [0.25, 0.3) is 10.2 Å². The van der Waals surface area contributed by atoms with Crippen molar-refractivity contribution in [1.29, 1.82) is 0 Å². The number of hydrogen-bond donors (Lipinski definition) is 0. The van der Waals surface area contributed by atoms with Crippen molar-refractivity contribution in [1.82, 2.24) is 4.98 Å². The minimum Gasteiger partial charge on any atom is -0.294 e. The summed E-state index contributed by atoms with van der Waals surface area (Å²) in [5, 5.41) is 2.48. The second kappa shape index (κ2) is 4.29. The molecule has 2 nitrogen and oxygen atoms in total. The molecular weight excluding hydrogens is 230 g/mol. The molecule has 0 saturated heterocycles. The van der Waals surface area contributed by atoms with Crippen LogP contribution in [0.15, 0.2) is 17.6 Å². The summed E-state index contributed by atoms with van der Waals surface area (Å²) < 4.78 is 0.901. The summed E-state index contributed by atoms with van der Waals surface area (Å²) in [5.41, 5.74) is 1.41. The third-order valence-electron chi connectivity index (χ3n) is 2.19. The number of ketones is 1. The Hall–Kier alpha value is -0.930. The lowest BCUT2D eigenvalue weighted by atomic mass is 10.1. The highest BCUT2D eigenvalue weighted by Crippen LogP contribution is 2.30. The van der Waals surface area contributed by atoms with E-state index in [-0.39, 0.29) is 5.78 Å². The van der Waals surface area contributed by atoms with E-state index in [0.717, 1.165) is 16.6 Å². The molecule has 2 aromatic rings. The Morgan fingerprint density at radius 1 is 1.60 bits per heavy atom. The Morgan fingerprint density at radius 3 is 3.13 bits per heavy atom. The van der Waals surface area contributed by atoms with E-state index in [9.17, 15) is 4.79 Å². The lowest BCUT2D eigenvalue weighted by molar-refractivity contribution is 0.0982. The highest BCUT2D eigenvalue weighted by atomic mass is 35.5. The lowest BCUT2D eigenvalue weighted by Crippen LogP contribution is -1.99. The Morgan fingerprint density at radius 2 is 2.40 bits per heavy atom. The Bertz CT molecular complexity index is 506. The number of carbonyl (C=O) groups is 1. The van der Waals surface area contributed by atoms with Crippen LogP contribution < -0.4 is 0 Å². The average Bonchev–Trinajstić information content (AvgIpc) is 2.67. The highest BCUT2D eigenvalue weighted by molar-refractivity contribution is 7.17. The first kappa shape index (κ1) is 10.6. The first-order valence-corrected chi connectivity index (χ1v) is 6.04. The quantitative estimate of drug-likeness (QED) is 0.760. The maximum absolute atomic E-state index is 11.7. The van der Waals surface area contributed by atoms with Crippen LogP contribution >= 0.6 is 22.9 Å². The van der Waals surface area contributed by atoms with Gasteiger partial charge >= 0.3 is 0 Å². The second-order valence-electron chi connectivity index (χ2n) is 3.29. The van der Waals surface area contributed by atoms with Crippen molar-refractivity contribution in [2.24, 2.45) is 0 Å². The smallest absolute Gasteiger partial charge is 0.165 e. The van der Waals surface area contributed by atoms with Gasteiger partial charge in [0.15, 0.2) is 5.78 Å². The number of hydrogen-bond acceptors (Lipinski definition) is 3. The van der Waals surface area contributed by atoms with E-state index in [0.29, 0.717) is 17.0 Å². The van der Waals surface area contributed by atoms with Crippen LogP contribution in [0, 0.1) is 0 Å². The van der Waals surface area contributed by atoms with Gasteiger partial charge in [0.1, 0.15) is 0 Å². The van der Waals surface area contributed by atoms with Crippen LogP contribution in [0.2, 0.25) is 5.02 Å². The fourth-order valence-corrected chi connectivity index (χ4v) is 2.61. The van der Waals surface area contributed by atoms with Crippen LogP contribution in [0.3, 0.4) is 0 Å². The van der Waals surface area contributed by atoms with Crippen LogP contribution in [0.1, 0.15) is 30.1 Å². The van der Waals surface area contributed by atoms with Crippen LogP contribution in [0.5, 0.6) is 0 Å². The minimum atomic E-state index is 0.0744. The molecule has 0 bridgehead atoms. The van der Waals surface area contributed by atoms with Crippen molar-refractivity contribution < 1.29 is 4.79 Å². The number of aromatic nitrogens is 1. The van der Waals surface area contributed by atoms with Gasteiger partial charge in [-0.05, 0) is 17.9 Å². The highest BCUT2D eigenvalue weighted by Gasteiger charge is 2.13. The average molecular weight is 240 g/mol. The van der Waals surface area contributed by atoms with Gasteiger partial charge in [-0.2, -0.15) is 0 Å². The molecule has 4 heteroatoms. The number of nitrogens with zero attached hydrogens (tertiary/aromatic N) is 1. The van der Waals surface area contributed by atoms with E-state index in [1.807, 2.05) is 18.4 Å². The van der Waals surface area contributed by atoms with Gasteiger partial charge in [0, 0.05) is 12.6 Å². The maximum atomic E-state index is 11.7. The summed E-state index contributed by atoms with van der Waals surface area (Å²) in [5.74, 6) is 0.0744. The fraction of sp³-hybridized carbons (Fsp3) is 0.273. The summed E-state index contributed by atoms with van der Waals surface area (Å²) in [6.45, 7) is 1.98. The standard InChI is InChI=1S/C11H10ClNOS/c1-2-3-9(14)7-6-13-8-4-5-15-11(8)10(7)12/h4-6H,2-3H2,1H3. The normalized spacial score (nSPS) is 10.8. The molecule has 78 valence electrons. The maximum Gasteiger partial charge on any atom is 0.165 e. The van der Waals surface area contributed by atoms with Crippen LogP contribution in [0.4, 0.5) is 0 Å². The molecule has 0 unspecified atom stereocenters. The molecule has 2 aromatic heterocycles. The Kier molecular flexibility index (Phi) is 3.03. The minimum absolute atomic E-state index is 0.0744. The molecule has 0 aliphatic heterocycles. The zero-order chi connectivity index (χ0) is 10.8. The molecule has 0 aromatic carbocycles. The largest absolute Gasteiger partial charge is 0.294 e. The number of rotatable bonds is 3. The van der Waals surface area contributed by atoms with Gasteiger partial charge < -0.3 is 0 Å². The van der Waals surface area contributed by atoms with Crippen molar-refractivity contribution in [2.75, 3.05) is 0 Å². The number of pyridine rings is 1. The molecule has 0 atom stereocenters. The molecule has 0 aliphatic rings. The van der Waals surface area contributed by atoms with Crippen LogP contribution in [-0.2, 0) is 0 Å². The summed E-state index contributed by atoms with van der Waals surface area (Å²) in [6.07, 6.45) is 2.94. The lowest BCUT2D eigenvalue weighted by Gasteiger charge is -2.02. The first-order chi connectivity index (χ1) is 7.24. The summed E-state index contributed by atoms with van der Waals surface area (Å²) >= 11 is 7.68. The molecule has 0 N–H and O–H groups in total. The zero-order valence-corrected chi connectivity index (χ0v) is 9.86. The predicted octanol–water partition coefficient (Wildman–Crippen LogP) is 3.93. The van der Waals surface area contributed by atoms with Crippen molar-refractivity contribution in [3.05, 3.63) is 28.2 Å². The first-order valence-electron chi connectivity index (χ1n) is 4.79. The molecule has 2 rings (SSSR count). The number of halogens is 1. The summed E-state index contributed by atoms with van der Waals surface area (Å²) in [7, 11) is 0.